The molecule has 0 aliphatic carbocycles. The first-order chi connectivity index (χ1) is 13.7. The van der Waals surface area contributed by atoms with Gasteiger partial charge in [0, 0.05) is 45.5 Å². The zero-order chi connectivity index (χ0) is 19.8. The van der Waals surface area contributed by atoms with Crippen LogP contribution in [0.3, 0.4) is 0 Å². The van der Waals surface area contributed by atoms with Crippen LogP contribution in [-0.2, 0) is 22.5 Å². The molecule has 1 aromatic rings. The van der Waals surface area contributed by atoms with Crippen LogP contribution in [0.1, 0.15) is 37.3 Å². The van der Waals surface area contributed by atoms with Crippen molar-refractivity contribution in [1.82, 2.24) is 10.2 Å². The highest BCUT2D eigenvalue weighted by atomic mass is 19.1. The van der Waals surface area contributed by atoms with Gasteiger partial charge in [0.2, 0.25) is 0 Å². The van der Waals surface area contributed by atoms with E-state index in [4.69, 9.17) is 19.2 Å². The Labute approximate surface area is 167 Å². The van der Waals surface area contributed by atoms with Crippen molar-refractivity contribution >= 4 is 5.96 Å². The molecule has 0 spiro atoms. The second-order valence-corrected chi connectivity index (χ2v) is 7.42. The number of hydrogen-bond donors (Lipinski definition) is 1. The standard InChI is InChI=1S/C21H32FN3O3/c1-3-23-21(25(2)9-5-16-6-10-26-11-7-16)24-8-4-17-12-19(22)13-18-14-27-15-28-20(17)18/h12-13,16H,3-11,14-15H2,1-2H3,(H,23,24). The number of ether oxygens (including phenoxy) is 3. The maximum Gasteiger partial charge on any atom is 0.193 e. The third-order valence-electron chi connectivity index (χ3n) is 5.30. The molecule has 28 heavy (non-hydrogen) atoms. The van der Waals surface area contributed by atoms with Gasteiger partial charge in [0.05, 0.1) is 6.61 Å². The smallest absolute Gasteiger partial charge is 0.193 e. The molecular formula is C21H32FN3O3. The molecule has 156 valence electrons. The quantitative estimate of drug-likeness (QED) is 0.570. The molecule has 2 heterocycles. The lowest BCUT2D eigenvalue weighted by Crippen LogP contribution is -2.40. The largest absolute Gasteiger partial charge is 0.467 e. The van der Waals surface area contributed by atoms with Gasteiger partial charge in [-0.1, -0.05) is 0 Å². The Morgan fingerprint density at radius 2 is 2.11 bits per heavy atom. The van der Waals surface area contributed by atoms with Crippen LogP contribution >= 0.6 is 0 Å². The molecule has 3 rings (SSSR count). The normalized spacial score (nSPS) is 17.8. The molecule has 7 heteroatoms. The Morgan fingerprint density at radius 3 is 2.89 bits per heavy atom. The van der Waals surface area contributed by atoms with Crippen LogP contribution in [0.5, 0.6) is 5.75 Å². The lowest BCUT2D eigenvalue weighted by Gasteiger charge is -2.27. The number of guanidine groups is 1. The zero-order valence-corrected chi connectivity index (χ0v) is 17.0. The summed E-state index contributed by atoms with van der Waals surface area (Å²) in [5, 5.41) is 3.36. The minimum Gasteiger partial charge on any atom is -0.467 e. The monoisotopic (exact) mass is 393 g/mol. The van der Waals surface area contributed by atoms with Gasteiger partial charge in [-0.25, -0.2) is 4.39 Å². The highest BCUT2D eigenvalue weighted by Gasteiger charge is 2.18. The Bertz CT molecular complexity index is 663. The Morgan fingerprint density at radius 1 is 1.29 bits per heavy atom. The highest BCUT2D eigenvalue weighted by Crippen LogP contribution is 2.29. The molecule has 0 saturated carbocycles. The maximum atomic E-state index is 13.9. The molecule has 2 aliphatic heterocycles. The van der Waals surface area contributed by atoms with Crippen LogP contribution in [0, 0.1) is 11.7 Å². The summed E-state index contributed by atoms with van der Waals surface area (Å²) in [6.45, 7) is 6.79. The Kier molecular flexibility index (Phi) is 7.91. The molecule has 1 N–H and O–H groups in total. The lowest BCUT2D eigenvalue weighted by atomic mass is 9.96. The van der Waals surface area contributed by atoms with E-state index in [2.05, 4.69) is 24.2 Å². The maximum absolute atomic E-state index is 13.9. The second-order valence-electron chi connectivity index (χ2n) is 7.42. The molecule has 0 unspecified atom stereocenters. The van der Waals surface area contributed by atoms with Crippen molar-refractivity contribution < 1.29 is 18.6 Å². The lowest BCUT2D eigenvalue weighted by molar-refractivity contribution is -0.0172. The minimum atomic E-state index is -0.257. The van der Waals surface area contributed by atoms with Gasteiger partial charge in [0.1, 0.15) is 11.6 Å². The molecule has 0 radical (unpaired) electrons. The molecule has 0 amide bonds. The molecule has 6 nitrogen and oxygen atoms in total. The van der Waals surface area contributed by atoms with Crippen LogP contribution in [0.25, 0.3) is 0 Å². The summed E-state index contributed by atoms with van der Waals surface area (Å²) in [7, 11) is 2.07. The number of aliphatic imine (C=N–C) groups is 1. The van der Waals surface area contributed by atoms with Crippen molar-refractivity contribution in [2.24, 2.45) is 10.9 Å². The van der Waals surface area contributed by atoms with Gasteiger partial charge >= 0.3 is 0 Å². The van der Waals surface area contributed by atoms with Gasteiger partial charge in [-0.05, 0) is 56.2 Å². The average molecular weight is 394 g/mol. The van der Waals surface area contributed by atoms with Crippen LogP contribution in [0.2, 0.25) is 0 Å². The van der Waals surface area contributed by atoms with E-state index in [0.717, 1.165) is 74.3 Å². The number of halogens is 1. The fourth-order valence-corrected chi connectivity index (χ4v) is 3.71. The third-order valence-corrected chi connectivity index (χ3v) is 5.30. The first kappa shape index (κ1) is 20.9. The number of hydrogen-bond acceptors (Lipinski definition) is 4. The van der Waals surface area contributed by atoms with Crippen molar-refractivity contribution in [3.8, 4) is 5.75 Å². The Hall–Kier alpha value is -1.86. The fourth-order valence-electron chi connectivity index (χ4n) is 3.71. The van der Waals surface area contributed by atoms with E-state index in [9.17, 15) is 4.39 Å². The van der Waals surface area contributed by atoms with Crippen LogP contribution < -0.4 is 10.1 Å². The predicted octanol–water partition coefficient (Wildman–Crippen LogP) is 2.95. The van der Waals surface area contributed by atoms with Gasteiger partial charge in [-0.15, -0.1) is 0 Å². The molecule has 1 saturated heterocycles. The fraction of sp³-hybridized carbons (Fsp3) is 0.667. The highest BCUT2D eigenvalue weighted by molar-refractivity contribution is 5.79. The topological polar surface area (TPSA) is 55.3 Å². The van der Waals surface area contributed by atoms with E-state index in [0.29, 0.717) is 19.6 Å². The van der Waals surface area contributed by atoms with Crippen LogP contribution in [0.4, 0.5) is 4.39 Å². The average Bonchev–Trinajstić information content (AvgIpc) is 2.72. The zero-order valence-electron chi connectivity index (χ0n) is 17.0. The molecule has 0 atom stereocenters. The minimum absolute atomic E-state index is 0.215. The van der Waals surface area contributed by atoms with E-state index >= 15 is 0 Å². The van der Waals surface area contributed by atoms with Gasteiger partial charge in [-0.2, -0.15) is 0 Å². The summed E-state index contributed by atoms with van der Waals surface area (Å²) < 4.78 is 30.2. The van der Waals surface area contributed by atoms with Gasteiger partial charge in [0.25, 0.3) is 0 Å². The molecule has 1 aromatic carbocycles. The van der Waals surface area contributed by atoms with Gasteiger partial charge in [-0.3, -0.25) is 4.99 Å². The van der Waals surface area contributed by atoms with Crippen molar-refractivity contribution in [3.63, 3.8) is 0 Å². The summed E-state index contributed by atoms with van der Waals surface area (Å²) in [4.78, 5) is 6.93. The van der Waals surface area contributed by atoms with Crippen molar-refractivity contribution in [1.29, 1.82) is 0 Å². The number of rotatable bonds is 7. The van der Waals surface area contributed by atoms with E-state index in [1.165, 1.54) is 6.07 Å². The molecular weight excluding hydrogens is 361 g/mol. The summed E-state index contributed by atoms with van der Waals surface area (Å²) in [6, 6.07) is 3.02. The first-order valence-corrected chi connectivity index (χ1v) is 10.3. The van der Waals surface area contributed by atoms with Crippen molar-refractivity contribution in [3.05, 3.63) is 29.1 Å². The van der Waals surface area contributed by atoms with Crippen LogP contribution in [0.15, 0.2) is 17.1 Å². The SMILES string of the molecule is CCNC(=NCCc1cc(F)cc2c1OCOC2)N(C)CCC1CCOCC1. The summed E-state index contributed by atoms with van der Waals surface area (Å²) in [6.07, 6.45) is 4.07. The van der Waals surface area contributed by atoms with E-state index in [1.54, 1.807) is 6.07 Å². The second kappa shape index (κ2) is 10.6. The van der Waals surface area contributed by atoms with E-state index in [1.807, 2.05) is 0 Å². The van der Waals surface area contributed by atoms with Gasteiger partial charge < -0.3 is 24.4 Å². The molecule has 2 aliphatic rings. The van der Waals surface area contributed by atoms with Crippen LogP contribution in [-0.4, -0.2) is 57.5 Å². The summed E-state index contributed by atoms with van der Waals surface area (Å²) in [5.41, 5.74) is 1.62. The summed E-state index contributed by atoms with van der Waals surface area (Å²) >= 11 is 0. The molecule has 0 bridgehead atoms. The van der Waals surface area contributed by atoms with Gasteiger partial charge in [0.15, 0.2) is 12.8 Å². The number of benzene rings is 1. The first-order valence-electron chi connectivity index (χ1n) is 10.3. The third kappa shape index (κ3) is 5.82. The Balaban J connectivity index is 1.57. The summed E-state index contributed by atoms with van der Waals surface area (Å²) in [5.74, 6) is 2.12. The molecule has 0 aromatic heterocycles. The van der Waals surface area contributed by atoms with E-state index < -0.39 is 0 Å². The number of nitrogens with zero attached hydrogens (tertiary/aromatic N) is 2. The number of fused-ring (bicyclic) bond motifs is 1. The van der Waals surface area contributed by atoms with Crippen molar-refractivity contribution in [2.75, 3.05) is 46.7 Å². The van der Waals surface area contributed by atoms with Crippen molar-refractivity contribution in [2.45, 2.75) is 39.2 Å². The van der Waals surface area contributed by atoms with E-state index in [-0.39, 0.29) is 12.6 Å². The molecule has 1 fully saturated rings. The number of nitrogens with one attached hydrogen (secondary N) is 1. The predicted molar refractivity (Wildman–Crippen MR) is 107 cm³/mol.